The predicted octanol–water partition coefficient (Wildman–Crippen LogP) is 2.39. The number of rotatable bonds is 5. The van der Waals surface area contributed by atoms with Gasteiger partial charge in [-0.2, -0.15) is 5.26 Å². The second kappa shape index (κ2) is 6.33. The quantitative estimate of drug-likeness (QED) is 0.762. The van der Waals surface area contributed by atoms with Gasteiger partial charge in [-0.25, -0.2) is 4.79 Å². The summed E-state index contributed by atoms with van der Waals surface area (Å²) in [5, 5.41) is 20.7. The molecule has 0 unspecified atom stereocenters. The zero-order valence-corrected chi connectivity index (χ0v) is 9.60. The maximum Gasteiger partial charge on any atom is 0.331 e. The lowest BCUT2D eigenvalue weighted by Gasteiger charge is -2.05. The van der Waals surface area contributed by atoms with Crippen LogP contribution in [-0.2, 0) is 4.79 Å². The summed E-state index contributed by atoms with van der Waals surface area (Å²) in [5.41, 5.74) is 1.63. The minimum atomic E-state index is -0.900. The molecular formula is C13H14N2O2. The van der Waals surface area contributed by atoms with E-state index in [1.54, 1.807) is 31.2 Å². The number of benzene rings is 1. The van der Waals surface area contributed by atoms with Crippen LogP contribution in [0.1, 0.15) is 18.9 Å². The van der Waals surface area contributed by atoms with Crippen molar-refractivity contribution in [1.82, 2.24) is 0 Å². The summed E-state index contributed by atoms with van der Waals surface area (Å²) in [5.74, 6) is -0.900. The van der Waals surface area contributed by atoms with Crippen molar-refractivity contribution in [2.45, 2.75) is 13.3 Å². The molecule has 4 nitrogen and oxygen atoms in total. The van der Waals surface area contributed by atoms with Crippen LogP contribution in [0.3, 0.4) is 0 Å². The van der Waals surface area contributed by atoms with E-state index in [1.165, 1.54) is 0 Å². The van der Waals surface area contributed by atoms with E-state index in [-0.39, 0.29) is 0 Å². The summed E-state index contributed by atoms with van der Waals surface area (Å²) in [6, 6.07) is 9.18. The molecule has 0 saturated carbocycles. The number of para-hydroxylation sites is 1. The molecule has 4 heteroatoms. The van der Waals surface area contributed by atoms with Crippen LogP contribution < -0.4 is 5.32 Å². The van der Waals surface area contributed by atoms with Gasteiger partial charge in [0.25, 0.3) is 0 Å². The Labute approximate surface area is 100 Å². The zero-order chi connectivity index (χ0) is 12.7. The first-order chi connectivity index (χ1) is 8.19. The van der Waals surface area contributed by atoms with E-state index in [0.717, 1.165) is 0 Å². The molecule has 88 valence electrons. The number of nitriles is 1. The van der Waals surface area contributed by atoms with Crippen molar-refractivity contribution in [3.8, 4) is 6.07 Å². The highest BCUT2D eigenvalue weighted by atomic mass is 16.4. The van der Waals surface area contributed by atoms with Gasteiger partial charge in [-0.1, -0.05) is 25.1 Å². The molecule has 0 spiro atoms. The molecule has 0 saturated heterocycles. The Morgan fingerprint density at radius 3 is 2.82 bits per heavy atom. The fourth-order valence-electron chi connectivity index (χ4n) is 1.40. The number of anilines is 1. The van der Waals surface area contributed by atoms with Crippen molar-refractivity contribution < 1.29 is 9.90 Å². The van der Waals surface area contributed by atoms with E-state index in [4.69, 9.17) is 10.4 Å². The highest BCUT2D eigenvalue weighted by molar-refractivity contribution is 5.86. The number of hydrogen-bond acceptors (Lipinski definition) is 3. The molecule has 17 heavy (non-hydrogen) atoms. The van der Waals surface area contributed by atoms with E-state index in [0.29, 0.717) is 29.8 Å². The molecule has 2 N–H and O–H groups in total. The number of nitrogens with one attached hydrogen (secondary N) is 1. The molecule has 0 bridgehead atoms. The van der Waals surface area contributed by atoms with Crippen molar-refractivity contribution in [3.05, 3.63) is 41.5 Å². The van der Waals surface area contributed by atoms with Gasteiger partial charge < -0.3 is 10.4 Å². The van der Waals surface area contributed by atoms with Crippen LogP contribution in [0.5, 0.6) is 0 Å². The minimum absolute atomic E-state index is 0.368. The molecule has 0 heterocycles. The fourth-order valence-corrected chi connectivity index (χ4v) is 1.40. The summed E-state index contributed by atoms with van der Waals surface area (Å²) in [6.45, 7) is 2.19. The van der Waals surface area contributed by atoms with Crippen molar-refractivity contribution in [1.29, 1.82) is 5.26 Å². The Morgan fingerprint density at radius 2 is 2.24 bits per heavy atom. The largest absolute Gasteiger partial charge is 0.478 e. The number of carboxylic acids is 1. The van der Waals surface area contributed by atoms with E-state index < -0.39 is 5.97 Å². The first-order valence-corrected chi connectivity index (χ1v) is 5.34. The van der Waals surface area contributed by atoms with Crippen molar-refractivity contribution in [2.24, 2.45) is 0 Å². The molecule has 0 aromatic heterocycles. The average molecular weight is 230 g/mol. The van der Waals surface area contributed by atoms with Gasteiger partial charge in [0.15, 0.2) is 0 Å². The number of carbonyl (C=O) groups is 1. The van der Waals surface area contributed by atoms with Crippen LogP contribution >= 0.6 is 0 Å². The molecule has 0 radical (unpaired) electrons. The fraction of sp³-hybridized carbons (Fsp3) is 0.231. The Hall–Kier alpha value is -2.28. The number of nitrogens with zero attached hydrogens (tertiary/aromatic N) is 1. The molecule has 0 aliphatic rings. The second-order valence-corrected chi connectivity index (χ2v) is 3.43. The average Bonchev–Trinajstić information content (AvgIpc) is 2.34. The van der Waals surface area contributed by atoms with Crippen LogP contribution in [-0.4, -0.2) is 17.6 Å². The van der Waals surface area contributed by atoms with Gasteiger partial charge in [0, 0.05) is 12.1 Å². The van der Waals surface area contributed by atoms with Gasteiger partial charge in [-0.15, -0.1) is 0 Å². The highest BCUT2D eigenvalue weighted by Gasteiger charge is 2.03. The second-order valence-electron chi connectivity index (χ2n) is 3.43. The normalized spacial score (nSPS) is 10.7. The molecule has 0 aliphatic carbocycles. The summed E-state index contributed by atoms with van der Waals surface area (Å²) in [7, 11) is 0. The molecule has 0 atom stereocenters. The number of aliphatic carboxylic acids is 1. The summed E-state index contributed by atoms with van der Waals surface area (Å²) in [4.78, 5) is 10.7. The van der Waals surface area contributed by atoms with Gasteiger partial charge in [0.1, 0.15) is 6.07 Å². The van der Waals surface area contributed by atoms with Crippen LogP contribution in [0.15, 0.2) is 35.9 Å². The Kier molecular flexibility index (Phi) is 4.77. The molecular weight excluding hydrogens is 216 g/mol. The van der Waals surface area contributed by atoms with E-state index in [2.05, 4.69) is 11.4 Å². The predicted molar refractivity (Wildman–Crippen MR) is 65.7 cm³/mol. The van der Waals surface area contributed by atoms with Crippen LogP contribution in [0.2, 0.25) is 0 Å². The molecule has 0 fully saturated rings. The first-order valence-electron chi connectivity index (χ1n) is 5.34. The number of hydrogen-bond donors (Lipinski definition) is 2. The topological polar surface area (TPSA) is 73.1 Å². The SMILES string of the molecule is CC/C(=C/CNc1ccccc1C#N)C(=O)O. The first kappa shape index (κ1) is 12.8. The van der Waals surface area contributed by atoms with Gasteiger partial charge in [0.2, 0.25) is 0 Å². The lowest BCUT2D eigenvalue weighted by Crippen LogP contribution is -2.05. The highest BCUT2D eigenvalue weighted by Crippen LogP contribution is 2.13. The Balaban J connectivity index is 2.68. The van der Waals surface area contributed by atoms with Gasteiger partial charge in [-0.3, -0.25) is 0 Å². The zero-order valence-electron chi connectivity index (χ0n) is 9.60. The van der Waals surface area contributed by atoms with Gasteiger partial charge in [0.05, 0.1) is 11.3 Å². The minimum Gasteiger partial charge on any atom is -0.478 e. The van der Waals surface area contributed by atoms with Crippen LogP contribution in [0.4, 0.5) is 5.69 Å². The monoisotopic (exact) mass is 230 g/mol. The van der Waals surface area contributed by atoms with Gasteiger partial charge in [-0.05, 0) is 18.6 Å². The maximum absolute atomic E-state index is 10.7. The molecule has 0 amide bonds. The molecule has 1 rings (SSSR count). The maximum atomic E-state index is 10.7. The smallest absolute Gasteiger partial charge is 0.331 e. The van der Waals surface area contributed by atoms with Crippen molar-refractivity contribution >= 4 is 11.7 Å². The lowest BCUT2D eigenvalue weighted by atomic mass is 10.2. The molecule has 1 aromatic rings. The van der Waals surface area contributed by atoms with Crippen molar-refractivity contribution in [3.63, 3.8) is 0 Å². The summed E-state index contributed by atoms with van der Waals surface area (Å²) < 4.78 is 0. The third-order valence-corrected chi connectivity index (χ3v) is 2.34. The summed E-state index contributed by atoms with van der Waals surface area (Å²) >= 11 is 0. The van der Waals surface area contributed by atoms with E-state index in [9.17, 15) is 4.79 Å². The molecule has 0 aliphatic heterocycles. The third kappa shape index (κ3) is 3.65. The third-order valence-electron chi connectivity index (χ3n) is 2.34. The standard InChI is InChI=1S/C13H14N2O2/c1-2-10(13(16)17)7-8-15-12-6-4-3-5-11(12)9-14/h3-7,15H,2,8H2,1H3,(H,16,17)/b10-7-. The van der Waals surface area contributed by atoms with Gasteiger partial charge >= 0.3 is 5.97 Å². The van der Waals surface area contributed by atoms with E-state index >= 15 is 0 Å². The lowest BCUT2D eigenvalue weighted by molar-refractivity contribution is -0.132. The van der Waals surface area contributed by atoms with Crippen LogP contribution in [0, 0.1) is 11.3 Å². The summed E-state index contributed by atoms with van der Waals surface area (Å²) in [6.07, 6.45) is 2.10. The van der Waals surface area contributed by atoms with E-state index in [1.807, 2.05) is 6.07 Å². The Morgan fingerprint density at radius 1 is 1.53 bits per heavy atom. The molecule has 1 aromatic carbocycles. The van der Waals surface area contributed by atoms with Crippen molar-refractivity contribution in [2.75, 3.05) is 11.9 Å². The Bertz CT molecular complexity index is 473. The number of carboxylic acid groups (broad SMARTS) is 1. The van der Waals surface area contributed by atoms with Crippen LogP contribution in [0.25, 0.3) is 0 Å².